The van der Waals surface area contributed by atoms with E-state index in [9.17, 15) is 0 Å². The molecule has 1 saturated heterocycles. The Labute approximate surface area is 127 Å². The highest BCUT2D eigenvalue weighted by Gasteiger charge is 2.25. The van der Waals surface area contributed by atoms with E-state index in [2.05, 4.69) is 28.6 Å². The quantitative estimate of drug-likeness (QED) is 0.915. The van der Waals surface area contributed by atoms with E-state index in [4.69, 9.17) is 10.7 Å². The highest BCUT2D eigenvalue weighted by Crippen LogP contribution is 2.24. The van der Waals surface area contributed by atoms with Crippen LogP contribution in [0.15, 0.2) is 6.20 Å². The SMILES string of the molecule is CC(C)N1CCc2nc(N3CCCCC3CN)ncc2C1. The normalized spacial score (nSPS) is 23.4. The average molecular weight is 289 g/mol. The first kappa shape index (κ1) is 14.7. The van der Waals surface area contributed by atoms with Crippen molar-refractivity contribution in [3.63, 3.8) is 0 Å². The lowest BCUT2D eigenvalue weighted by molar-refractivity contribution is 0.201. The van der Waals surface area contributed by atoms with Crippen molar-refractivity contribution in [2.45, 2.75) is 58.2 Å². The van der Waals surface area contributed by atoms with Crippen LogP contribution in [0.1, 0.15) is 44.4 Å². The van der Waals surface area contributed by atoms with Crippen LogP contribution in [-0.2, 0) is 13.0 Å². The first-order valence-electron chi connectivity index (χ1n) is 8.24. The molecule has 21 heavy (non-hydrogen) atoms. The fourth-order valence-electron chi connectivity index (χ4n) is 3.42. The van der Waals surface area contributed by atoms with Gasteiger partial charge in [0.15, 0.2) is 0 Å². The molecule has 3 rings (SSSR count). The zero-order chi connectivity index (χ0) is 14.8. The van der Waals surface area contributed by atoms with Gasteiger partial charge >= 0.3 is 0 Å². The summed E-state index contributed by atoms with van der Waals surface area (Å²) < 4.78 is 0. The van der Waals surface area contributed by atoms with Gasteiger partial charge < -0.3 is 10.6 Å². The van der Waals surface area contributed by atoms with Gasteiger partial charge in [-0.05, 0) is 33.1 Å². The van der Waals surface area contributed by atoms with Crippen LogP contribution in [-0.4, -0.2) is 46.6 Å². The van der Waals surface area contributed by atoms with E-state index < -0.39 is 0 Å². The van der Waals surface area contributed by atoms with Gasteiger partial charge in [0.05, 0.1) is 5.69 Å². The second kappa shape index (κ2) is 6.28. The highest BCUT2D eigenvalue weighted by molar-refractivity contribution is 5.36. The van der Waals surface area contributed by atoms with Crippen molar-refractivity contribution in [3.05, 3.63) is 17.5 Å². The molecule has 116 valence electrons. The van der Waals surface area contributed by atoms with Crippen molar-refractivity contribution in [1.29, 1.82) is 0 Å². The summed E-state index contributed by atoms with van der Waals surface area (Å²) in [5.74, 6) is 0.891. The van der Waals surface area contributed by atoms with Gasteiger partial charge in [0.1, 0.15) is 0 Å². The predicted octanol–water partition coefficient (Wildman–Crippen LogP) is 1.56. The van der Waals surface area contributed by atoms with Crippen LogP contribution in [0.2, 0.25) is 0 Å². The fraction of sp³-hybridized carbons (Fsp3) is 0.750. The number of fused-ring (bicyclic) bond motifs is 1. The Bertz CT molecular complexity index is 488. The van der Waals surface area contributed by atoms with E-state index in [1.165, 1.54) is 24.1 Å². The summed E-state index contributed by atoms with van der Waals surface area (Å²) in [4.78, 5) is 14.3. The molecule has 5 heteroatoms. The van der Waals surface area contributed by atoms with Gasteiger partial charge in [-0.3, -0.25) is 4.90 Å². The van der Waals surface area contributed by atoms with E-state index in [0.717, 1.165) is 38.4 Å². The van der Waals surface area contributed by atoms with Gasteiger partial charge in [0, 0.05) is 56.4 Å². The Morgan fingerprint density at radius 2 is 2.19 bits per heavy atom. The third-order valence-electron chi connectivity index (χ3n) is 4.84. The number of hydrogen-bond donors (Lipinski definition) is 1. The second-order valence-electron chi connectivity index (χ2n) is 6.53. The molecule has 0 bridgehead atoms. The van der Waals surface area contributed by atoms with Crippen LogP contribution >= 0.6 is 0 Å². The maximum atomic E-state index is 5.92. The number of piperidine rings is 1. The van der Waals surface area contributed by atoms with Gasteiger partial charge in [-0.15, -0.1) is 0 Å². The lowest BCUT2D eigenvalue weighted by Crippen LogP contribution is -2.45. The minimum absolute atomic E-state index is 0.410. The van der Waals surface area contributed by atoms with Crippen LogP contribution < -0.4 is 10.6 Å². The molecule has 2 aliphatic heterocycles. The van der Waals surface area contributed by atoms with Crippen molar-refractivity contribution in [2.24, 2.45) is 5.73 Å². The number of nitrogens with two attached hydrogens (primary N) is 1. The Morgan fingerprint density at radius 1 is 1.33 bits per heavy atom. The van der Waals surface area contributed by atoms with Crippen molar-refractivity contribution in [2.75, 3.05) is 24.5 Å². The van der Waals surface area contributed by atoms with Crippen LogP contribution in [0.3, 0.4) is 0 Å². The van der Waals surface area contributed by atoms with E-state index in [1.807, 2.05) is 6.20 Å². The predicted molar refractivity (Wildman–Crippen MR) is 85.3 cm³/mol. The summed E-state index contributed by atoms with van der Waals surface area (Å²) in [7, 11) is 0. The summed E-state index contributed by atoms with van der Waals surface area (Å²) in [6.45, 7) is 8.31. The van der Waals surface area contributed by atoms with Gasteiger partial charge in [0.2, 0.25) is 5.95 Å². The van der Waals surface area contributed by atoms with Crippen LogP contribution in [0.5, 0.6) is 0 Å². The first-order valence-corrected chi connectivity index (χ1v) is 8.24. The van der Waals surface area contributed by atoms with Crippen LogP contribution in [0, 0.1) is 0 Å². The number of rotatable bonds is 3. The largest absolute Gasteiger partial charge is 0.337 e. The van der Waals surface area contributed by atoms with Crippen molar-refractivity contribution < 1.29 is 0 Å². The molecule has 2 N–H and O–H groups in total. The Morgan fingerprint density at radius 3 is 2.95 bits per heavy atom. The van der Waals surface area contributed by atoms with Crippen molar-refractivity contribution in [1.82, 2.24) is 14.9 Å². The monoisotopic (exact) mass is 289 g/mol. The van der Waals surface area contributed by atoms with Crippen molar-refractivity contribution in [3.8, 4) is 0 Å². The molecule has 1 unspecified atom stereocenters. The van der Waals surface area contributed by atoms with Gasteiger partial charge in [-0.2, -0.15) is 0 Å². The molecule has 1 aromatic heterocycles. The Balaban J connectivity index is 1.80. The van der Waals surface area contributed by atoms with E-state index in [-0.39, 0.29) is 0 Å². The van der Waals surface area contributed by atoms with Crippen LogP contribution in [0.4, 0.5) is 5.95 Å². The molecule has 1 fully saturated rings. The fourth-order valence-corrected chi connectivity index (χ4v) is 3.42. The molecule has 0 radical (unpaired) electrons. The number of aromatic nitrogens is 2. The molecule has 2 aliphatic rings. The minimum atomic E-state index is 0.410. The van der Waals surface area contributed by atoms with Gasteiger partial charge in [-0.1, -0.05) is 0 Å². The zero-order valence-electron chi connectivity index (χ0n) is 13.3. The van der Waals surface area contributed by atoms with Gasteiger partial charge in [0.25, 0.3) is 0 Å². The Kier molecular flexibility index (Phi) is 4.40. The first-order chi connectivity index (χ1) is 10.2. The lowest BCUT2D eigenvalue weighted by Gasteiger charge is -2.36. The molecule has 0 amide bonds. The number of anilines is 1. The molecule has 1 aromatic rings. The topological polar surface area (TPSA) is 58.3 Å². The minimum Gasteiger partial charge on any atom is -0.337 e. The third-order valence-corrected chi connectivity index (χ3v) is 4.84. The van der Waals surface area contributed by atoms with E-state index in [1.54, 1.807) is 0 Å². The van der Waals surface area contributed by atoms with Crippen LogP contribution in [0.25, 0.3) is 0 Å². The number of nitrogens with zero attached hydrogens (tertiary/aromatic N) is 4. The molecule has 0 aliphatic carbocycles. The number of hydrogen-bond acceptors (Lipinski definition) is 5. The Hall–Kier alpha value is -1.20. The van der Waals surface area contributed by atoms with E-state index in [0.29, 0.717) is 18.6 Å². The second-order valence-corrected chi connectivity index (χ2v) is 6.53. The molecular formula is C16H27N5. The molecule has 0 spiro atoms. The highest BCUT2D eigenvalue weighted by atomic mass is 15.3. The third kappa shape index (κ3) is 3.04. The van der Waals surface area contributed by atoms with E-state index >= 15 is 0 Å². The molecule has 0 aromatic carbocycles. The maximum absolute atomic E-state index is 5.92. The molecular weight excluding hydrogens is 262 g/mol. The molecule has 0 saturated carbocycles. The average Bonchev–Trinajstić information content (AvgIpc) is 2.53. The smallest absolute Gasteiger partial charge is 0.225 e. The summed E-state index contributed by atoms with van der Waals surface area (Å²) in [6.07, 6.45) is 6.72. The molecule has 1 atom stereocenters. The zero-order valence-corrected chi connectivity index (χ0v) is 13.3. The van der Waals surface area contributed by atoms with Crippen molar-refractivity contribution >= 4 is 5.95 Å². The summed E-state index contributed by atoms with van der Waals surface area (Å²) >= 11 is 0. The summed E-state index contributed by atoms with van der Waals surface area (Å²) in [6, 6.07) is 0.995. The standard InChI is InChI=1S/C16H27N5/c1-12(2)20-8-6-15-13(11-20)10-18-16(19-15)21-7-4-3-5-14(21)9-17/h10,12,14H,3-9,11,17H2,1-2H3. The summed E-state index contributed by atoms with van der Waals surface area (Å²) in [5, 5.41) is 0. The summed E-state index contributed by atoms with van der Waals surface area (Å²) in [5.41, 5.74) is 8.44. The lowest BCUT2D eigenvalue weighted by atomic mass is 10.0. The molecule has 3 heterocycles. The maximum Gasteiger partial charge on any atom is 0.225 e. The van der Waals surface area contributed by atoms with Gasteiger partial charge in [-0.25, -0.2) is 9.97 Å². The molecule has 5 nitrogen and oxygen atoms in total.